The van der Waals surface area contributed by atoms with Crippen LogP contribution in [0.25, 0.3) is 22.0 Å². The molecular formula is C25H24N2O. The van der Waals surface area contributed by atoms with Crippen LogP contribution in [0.4, 0.5) is 0 Å². The molecule has 0 bridgehead atoms. The highest BCUT2D eigenvalue weighted by atomic mass is 16.5. The van der Waals surface area contributed by atoms with Gasteiger partial charge in [0.2, 0.25) is 0 Å². The van der Waals surface area contributed by atoms with Gasteiger partial charge in [-0.2, -0.15) is 0 Å². The molecule has 140 valence electrons. The van der Waals surface area contributed by atoms with Gasteiger partial charge in [0.15, 0.2) is 0 Å². The van der Waals surface area contributed by atoms with Crippen LogP contribution in [0.15, 0.2) is 85.1 Å². The maximum Gasteiger partial charge on any atom is 0.126 e. The zero-order valence-electron chi connectivity index (χ0n) is 16.2. The first kappa shape index (κ1) is 18.2. The summed E-state index contributed by atoms with van der Waals surface area (Å²) in [7, 11) is 1.72. The van der Waals surface area contributed by atoms with E-state index in [1.54, 1.807) is 7.11 Å². The first-order chi connectivity index (χ1) is 13.7. The van der Waals surface area contributed by atoms with Gasteiger partial charge in [0.05, 0.1) is 12.6 Å². The summed E-state index contributed by atoms with van der Waals surface area (Å²) in [5.74, 6) is 0.878. The maximum atomic E-state index is 5.63. The molecule has 1 aromatic heterocycles. The summed E-state index contributed by atoms with van der Waals surface area (Å²) in [6, 6.07) is 27.6. The van der Waals surface area contributed by atoms with Crippen LogP contribution in [0, 0.1) is 0 Å². The van der Waals surface area contributed by atoms with E-state index in [1.807, 2.05) is 24.4 Å². The van der Waals surface area contributed by atoms with Crippen LogP contribution in [0.2, 0.25) is 0 Å². The Bertz CT molecular complexity index is 1080. The Kier molecular flexibility index (Phi) is 5.36. The molecule has 0 aliphatic heterocycles. The van der Waals surface area contributed by atoms with Gasteiger partial charge in [0.1, 0.15) is 5.75 Å². The molecule has 0 amide bonds. The molecule has 1 atom stereocenters. The fraction of sp³-hybridized carbons (Fsp3) is 0.160. The van der Waals surface area contributed by atoms with Crippen molar-refractivity contribution in [2.45, 2.75) is 19.5 Å². The van der Waals surface area contributed by atoms with Gasteiger partial charge in [-0.25, -0.2) is 0 Å². The largest absolute Gasteiger partial charge is 0.496 e. The molecule has 1 heterocycles. The number of hydrogen-bond acceptors (Lipinski definition) is 3. The first-order valence-electron chi connectivity index (χ1n) is 9.55. The van der Waals surface area contributed by atoms with Crippen molar-refractivity contribution in [3.05, 3.63) is 96.2 Å². The fourth-order valence-corrected chi connectivity index (χ4v) is 3.46. The van der Waals surface area contributed by atoms with Crippen LogP contribution in [-0.4, -0.2) is 12.1 Å². The predicted molar refractivity (Wildman–Crippen MR) is 115 cm³/mol. The van der Waals surface area contributed by atoms with Gasteiger partial charge < -0.3 is 10.1 Å². The Morgan fingerprint density at radius 3 is 2.61 bits per heavy atom. The van der Waals surface area contributed by atoms with E-state index in [1.165, 1.54) is 11.1 Å². The lowest BCUT2D eigenvalue weighted by Gasteiger charge is -2.16. The Balaban J connectivity index is 1.60. The third-order valence-electron chi connectivity index (χ3n) is 5.09. The van der Waals surface area contributed by atoms with Crippen molar-refractivity contribution in [3.8, 4) is 16.9 Å². The molecule has 0 unspecified atom stereocenters. The normalized spacial score (nSPS) is 12.1. The molecule has 0 radical (unpaired) electrons. The highest BCUT2D eigenvalue weighted by molar-refractivity contribution is 5.85. The van der Waals surface area contributed by atoms with E-state index in [0.717, 1.165) is 34.3 Å². The number of benzene rings is 3. The topological polar surface area (TPSA) is 34.1 Å². The second-order valence-corrected chi connectivity index (χ2v) is 6.96. The molecule has 4 aromatic rings. The lowest BCUT2D eigenvalue weighted by atomic mass is 9.99. The number of pyridine rings is 1. The molecule has 0 fully saturated rings. The second kappa shape index (κ2) is 8.24. The van der Waals surface area contributed by atoms with E-state index in [9.17, 15) is 0 Å². The third-order valence-corrected chi connectivity index (χ3v) is 5.09. The number of fused-ring (bicyclic) bond motifs is 1. The average molecular weight is 368 g/mol. The Labute approximate surface area is 166 Å². The molecule has 0 aliphatic rings. The molecule has 3 nitrogen and oxygen atoms in total. The van der Waals surface area contributed by atoms with Gasteiger partial charge in [0.25, 0.3) is 0 Å². The molecule has 0 spiro atoms. The number of nitrogens with one attached hydrogen (secondary N) is 1. The Morgan fingerprint density at radius 1 is 0.929 bits per heavy atom. The fourth-order valence-electron chi connectivity index (χ4n) is 3.46. The van der Waals surface area contributed by atoms with E-state index in [2.05, 4.69) is 77.9 Å². The van der Waals surface area contributed by atoms with Crippen molar-refractivity contribution >= 4 is 10.9 Å². The van der Waals surface area contributed by atoms with Gasteiger partial charge >= 0.3 is 0 Å². The summed E-state index contributed by atoms with van der Waals surface area (Å²) in [4.78, 5) is 4.41. The summed E-state index contributed by atoms with van der Waals surface area (Å²) in [5, 5.41) is 4.74. The summed E-state index contributed by atoms with van der Waals surface area (Å²) in [5.41, 5.74) is 5.75. The number of rotatable bonds is 6. The average Bonchev–Trinajstić information content (AvgIpc) is 2.77. The standard InChI is InChI=1S/C25H24N2O/c1-18(20-7-4-3-5-8-20)27-17-19-10-13-25(28-2)23(15-19)21-11-12-24-22(16-21)9-6-14-26-24/h3-16,18,27H,17H2,1-2H3/t18-/m1/s1. The van der Waals surface area contributed by atoms with Crippen LogP contribution in [0.1, 0.15) is 24.1 Å². The summed E-state index contributed by atoms with van der Waals surface area (Å²) in [6.07, 6.45) is 1.82. The maximum absolute atomic E-state index is 5.63. The summed E-state index contributed by atoms with van der Waals surface area (Å²) >= 11 is 0. The van der Waals surface area contributed by atoms with Gasteiger partial charge in [-0.05, 0) is 53.9 Å². The smallest absolute Gasteiger partial charge is 0.126 e. The van der Waals surface area contributed by atoms with Crippen LogP contribution < -0.4 is 10.1 Å². The molecule has 0 aliphatic carbocycles. The molecule has 4 rings (SSSR count). The molecule has 28 heavy (non-hydrogen) atoms. The van der Waals surface area contributed by atoms with Crippen molar-refractivity contribution in [3.63, 3.8) is 0 Å². The van der Waals surface area contributed by atoms with Crippen molar-refractivity contribution in [1.29, 1.82) is 0 Å². The third kappa shape index (κ3) is 3.90. The van der Waals surface area contributed by atoms with Crippen molar-refractivity contribution in [2.24, 2.45) is 0 Å². The van der Waals surface area contributed by atoms with Gasteiger partial charge in [-0.3, -0.25) is 4.98 Å². The number of nitrogens with zero attached hydrogens (tertiary/aromatic N) is 1. The minimum atomic E-state index is 0.290. The molecule has 1 N–H and O–H groups in total. The zero-order valence-corrected chi connectivity index (χ0v) is 16.2. The van der Waals surface area contributed by atoms with Gasteiger partial charge in [0, 0.05) is 29.7 Å². The van der Waals surface area contributed by atoms with E-state index < -0.39 is 0 Å². The summed E-state index contributed by atoms with van der Waals surface area (Å²) < 4.78 is 5.63. The van der Waals surface area contributed by atoms with E-state index >= 15 is 0 Å². The lowest BCUT2D eigenvalue weighted by molar-refractivity contribution is 0.416. The predicted octanol–water partition coefficient (Wildman–Crippen LogP) is 5.76. The molecule has 0 saturated carbocycles. The quantitative estimate of drug-likeness (QED) is 0.470. The number of ether oxygens (including phenoxy) is 1. The SMILES string of the molecule is COc1ccc(CN[C@H](C)c2ccccc2)cc1-c1ccc2ncccc2c1. The number of methoxy groups -OCH3 is 1. The van der Waals surface area contributed by atoms with Gasteiger partial charge in [-0.1, -0.05) is 48.5 Å². The highest BCUT2D eigenvalue weighted by Crippen LogP contribution is 2.32. The monoisotopic (exact) mass is 368 g/mol. The lowest BCUT2D eigenvalue weighted by Crippen LogP contribution is -2.18. The second-order valence-electron chi connectivity index (χ2n) is 6.96. The van der Waals surface area contributed by atoms with E-state index in [0.29, 0.717) is 6.04 Å². The highest BCUT2D eigenvalue weighted by Gasteiger charge is 2.10. The Morgan fingerprint density at radius 2 is 1.79 bits per heavy atom. The first-order valence-corrected chi connectivity index (χ1v) is 9.55. The van der Waals surface area contributed by atoms with Gasteiger partial charge in [-0.15, -0.1) is 0 Å². The molecule has 3 aromatic carbocycles. The van der Waals surface area contributed by atoms with Crippen LogP contribution >= 0.6 is 0 Å². The van der Waals surface area contributed by atoms with Crippen LogP contribution in [0.3, 0.4) is 0 Å². The summed E-state index contributed by atoms with van der Waals surface area (Å²) in [6.45, 7) is 2.98. The van der Waals surface area contributed by atoms with Crippen LogP contribution in [-0.2, 0) is 6.54 Å². The van der Waals surface area contributed by atoms with Crippen LogP contribution in [0.5, 0.6) is 5.75 Å². The molecule has 3 heteroatoms. The molecule has 0 saturated heterocycles. The van der Waals surface area contributed by atoms with Crippen molar-refractivity contribution < 1.29 is 4.74 Å². The minimum Gasteiger partial charge on any atom is -0.496 e. The number of hydrogen-bond donors (Lipinski definition) is 1. The Hall–Kier alpha value is -3.17. The number of aromatic nitrogens is 1. The van der Waals surface area contributed by atoms with E-state index in [-0.39, 0.29) is 0 Å². The van der Waals surface area contributed by atoms with E-state index in [4.69, 9.17) is 4.74 Å². The minimum absolute atomic E-state index is 0.290. The molecular weight excluding hydrogens is 344 g/mol. The van der Waals surface area contributed by atoms with Crippen molar-refractivity contribution in [1.82, 2.24) is 10.3 Å². The van der Waals surface area contributed by atoms with Crippen molar-refractivity contribution in [2.75, 3.05) is 7.11 Å². The zero-order chi connectivity index (χ0) is 19.3.